The standard InChI is InChI=1S/C19H22FN3O6S/c1-13(18(24)21-12-14-3-2-8-29-14)22-19(25)16-11-15(4-5-17(16)20)30(26,27)23-6-9-28-10-7-23/h2-5,8,11,13H,6-7,9-10,12H2,1H3,(H,21,24)(H,22,25). The number of morpholine rings is 1. The van der Waals surface area contributed by atoms with Crippen LogP contribution in [0, 0.1) is 5.82 Å². The number of halogens is 1. The molecule has 0 bridgehead atoms. The number of nitrogens with one attached hydrogen (secondary N) is 2. The second-order valence-corrected chi connectivity index (χ2v) is 8.59. The van der Waals surface area contributed by atoms with Gasteiger partial charge in [-0.1, -0.05) is 0 Å². The monoisotopic (exact) mass is 439 g/mol. The highest BCUT2D eigenvalue weighted by Gasteiger charge is 2.28. The maximum absolute atomic E-state index is 14.2. The van der Waals surface area contributed by atoms with E-state index in [0.717, 1.165) is 18.2 Å². The zero-order valence-corrected chi connectivity index (χ0v) is 17.1. The summed E-state index contributed by atoms with van der Waals surface area (Å²) in [5.41, 5.74) is -0.463. The Balaban J connectivity index is 1.69. The summed E-state index contributed by atoms with van der Waals surface area (Å²) in [6.07, 6.45) is 1.47. The number of benzene rings is 1. The third-order valence-electron chi connectivity index (χ3n) is 4.55. The van der Waals surface area contributed by atoms with Gasteiger partial charge in [0.15, 0.2) is 0 Å². The largest absolute Gasteiger partial charge is 0.467 e. The lowest BCUT2D eigenvalue weighted by Gasteiger charge is -2.26. The third-order valence-corrected chi connectivity index (χ3v) is 6.44. The molecular formula is C19H22FN3O6S. The summed E-state index contributed by atoms with van der Waals surface area (Å²) < 4.78 is 51.2. The summed E-state index contributed by atoms with van der Waals surface area (Å²) in [6.45, 7) is 2.44. The number of carbonyl (C=O) groups excluding carboxylic acids is 2. The van der Waals surface area contributed by atoms with Crippen molar-refractivity contribution in [1.82, 2.24) is 14.9 Å². The summed E-state index contributed by atoms with van der Waals surface area (Å²) >= 11 is 0. The van der Waals surface area contributed by atoms with Gasteiger partial charge < -0.3 is 19.8 Å². The van der Waals surface area contributed by atoms with Gasteiger partial charge in [0.2, 0.25) is 15.9 Å². The molecule has 11 heteroatoms. The van der Waals surface area contributed by atoms with E-state index in [2.05, 4.69) is 10.6 Å². The molecular weight excluding hydrogens is 417 g/mol. The average Bonchev–Trinajstić information content (AvgIpc) is 3.26. The summed E-state index contributed by atoms with van der Waals surface area (Å²) in [5.74, 6) is -1.75. The van der Waals surface area contributed by atoms with Gasteiger partial charge in [0.25, 0.3) is 5.91 Å². The predicted molar refractivity (Wildman–Crippen MR) is 103 cm³/mol. The summed E-state index contributed by atoms with van der Waals surface area (Å²) in [5, 5.41) is 4.95. The van der Waals surface area contributed by atoms with E-state index in [4.69, 9.17) is 9.15 Å². The Morgan fingerprint density at radius 2 is 1.97 bits per heavy atom. The predicted octanol–water partition coefficient (Wildman–Crippen LogP) is 0.874. The Morgan fingerprint density at radius 1 is 1.23 bits per heavy atom. The van der Waals surface area contributed by atoms with Crippen LogP contribution >= 0.6 is 0 Å². The van der Waals surface area contributed by atoms with Crippen molar-refractivity contribution in [1.29, 1.82) is 0 Å². The van der Waals surface area contributed by atoms with Crippen molar-refractivity contribution in [3.8, 4) is 0 Å². The van der Waals surface area contributed by atoms with Gasteiger partial charge in [-0.3, -0.25) is 9.59 Å². The minimum absolute atomic E-state index is 0.133. The highest BCUT2D eigenvalue weighted by atomic mass is 32.2. The van der Waals surface area contributed by atoms with Gasteiger partial charge in [-0.2, -0.15) is 4.31 Å². The number of ether oxygens (including phenoxy) is 1. The van der Waals surface area contributed by atoms with Crippen LogP contribution in [0.1, 0.15) is 23.0 Å². The van der Waals surface area contributed by atoms with Crippen LogP contribution in [-0.4, -0.2) is 56.9 Å². The summed E-state index contributed by atoms with van der Waals surface area (Å²) in [4.78, 5) is 24.4. The van der Waals surface area contributed by atoms with Crippen LogP contribution in [0.15, 0.2) is 45.9 Å². The SMILES string of the molecule is CC(NC(=O)c1cc(S(=O)(=O)N2CCOCC2)ccc1F)C(=O)NCc1ccco1. The second kappa shape index (κ2) is 9.37. The fourth-order valence-electron chi connectivity index (χ4n) is 2.86. The van der Waals surface area contributed by atoms with Crippen molar-refractivity contribution in [2.45, 2.75) is 24.4 Å². The molecule has 2 N–H and O–H groups in total. The van der Waals surface area contributed by atoms with Crippen LogP contribution in [0.25, 0.3) is 0 Å². The molecule has 1 fully saturated rings. The number of rotatable bonds is 7. The van der Waals surface area contributed by atoms with Crippen molar-refractivity contribution in [2.24, 2.45) is 0 Å². The first-order valence-corrected chi connectivity index (χ1v) is 10.7. The fourth-order valence-corrected chi connectivity index (χ4v) is 4.29. The van der Waals surface area contributed by atoms with Gasteiger partial charge >= 0.3 is 0 Å². The normalized spacial score (nSPS) is 16.1. The van der Waals surface area contributed by atoms with E-state index in [9.17, 15) is 22.4 Å². The molecule has 0 spiro atoms. The van der Waals surface area contributed by atoms with Crippen LogP contribution in [0.2, 0.25) is 0 Å². The van der Waals surface area contributed by atoms with Crippen molar-refractivity contribution >= 4 is 21.8 Å². The third kappa shape index (κ3) is 5.04. The zero-order valence-electron chi connectivity index (χ0n) is 16.3. The first kappa shape index (κ1) is 21.9. The molecule has 1 aromatic carbocycles. The molecule has 1 aliphatic rings. The van der Waals surface area contributed by atoms with E-state index in [-0.39, 0.29) is 37.7 Å². The van der Waals surface area contributed by atoms with Crippen LogP contribution in [0.4, 0.5) is 4.39 Å². The molecule has 162 valence electrons. The lowest BCUT2D eigenvalue weighted by Crippen LogP contribution is -2.44. The van der Waals surface area contributed by atoms with Crippen molar-refractivity contribution < 1.29 is 31.6 Å². The molecule has 1 unspecified atom stereocenters. The molecule has 1 aromatic heterocycles. The van der Waals surface area contributed by atoms with Crippen molar-refractivity contribution in [3.63, 3.8) is 0 Å². The van der Waals surface area contributed by atoms with Crippen LogP contribution < -0.4 is 10.6 Å². The molecule has 1 saturated heterocycles. The van der Waals surface area contributed by atoms with Crippen LogP contribution in [0.3, 0.4) is 0 Å². The number of hydrogen-bond acceptors (Lipinski definition) is 6. The topological polar surface area (TPSA) is 118 Å². The van der Waals surface area contributed by atoms with Gasteiger partial charge in [-0.05, 0) is 37.3 Å². The highest BCUT2D eigenvalue weighted by Crippen LogP contribution is 2.20. The zero-order chi connectivity index (χ0) is 21.7. The van der Waals surface area contributed by atoms with E-state index in [1.807, 2.05) is 0 Å². The minimum atomic E-state index is -3.90. The Labute approximate surface area is 173 Å². The molecule has 1 aliphatic heterocycles. The Bertz CT molecular complexity index is 1000. The van der Waals surface area contributed by atoms with Crippen LogP contribution in [-0.2, 0) is 26.1 Å². The average molecular weight is 439 g/mol. The number of furan rings is 1. The molecule has 1 atom stereocenters. The summed E-state index contributed by atoms with van der Waals surface area (Å²) in [7, 11) is -3.90. The molecule has 2 aromatic rings. The van der Waals surface area contributed by atoms with E-state index >= 15 is 0 Å². The van der Waals surface area contributed by atoms with Gasteiger partial charge in [0, 0.05) is 13.1 Å². The summed E-state index contributed by atoms with van der Waals surface area (Å²) in [6, 6.07) is 5.38. The highest BCUT2D eigenvalue weighted by molar-refractivity contribution is 7.89. The smallest absolute Gasteiger partial charge is 0.254 e. The number of amides is 2. The Kier molecular flexibility index (Phi) is 6.85. The number of carbonyl (C=O) groups is 2. The molecule has 2 heterocycles. The van der Waals surface area contributed by atoms with Crippen molar-refractivity contribution in [2.75, 3.05) is 26.3 Å². The molecule has 9 nitrogen and oxygen atoms in total. The van der Waals surface area contributed by atoms with Gasteiger partial charge in [0.1, 0.15) is 17.6 Å². The second-order valence-electron chi connectivity index (χ2n) is 6.65. The quantitative estimate of drug-likeness (QED) is 0.661. The molecule has 2 amide bonds. The fraction of sp³-hybridized carbons (Fsp3) is 0.368. The minimum Gasteiger partial charge on any atom is -0.467 e. The molecule has 0 aliphatic carbocycles. The Morgan fingerprint density at radius 3 is 2.63 bits per heavy atom. The van der Waals surface area contributed by atoms with E-state index < -0.39 is 39.3 Å². The maximum Gasteiger partial charge on any atom is 0.254 e. The van der Waals surface area contributed by atoms with E-state index in [1.54, 1.807) is 12.1 Å². The van der Waals surface area contributed by atoms with Gasteiger partial charge in [-0.15, -0.1) is 0 Å². The van der Waals surface area contributed by atoms with E-state index in [0.29, 0.717) is 5.76 Å². The molecule has 0 radical (unpaired) electrons. The first-order chi connectivity index (χ1) is 14.3. The first-order valence-electron chi connectivity index (χ1n) is 9.27. The van der Waals surface area contributed by atoms with Gasteiger partial charge in [-0.25, -0.2) is 12.8 Å². The number of hydrogen-bond donors (Lipinski definition) is 2. The lowest BCUT2D eigenvalue weighted by atomic mass is 10.2. The maximum atomic E-state index is 14.2. The van der Waals surface area contributed by atoms with Crippen LogP contribution in [0.5, 0.6) is 0 Å². The van der Waals surface area contributed by atoms with Gasteiger partial charge in [0.05, 0.1) is 36.5 Å². The molecule has 3 rings (SSSR count). The van der Waals surface area contributed by atoms with Crippen molar-refractivity contribution in [3.05, 3.63) is 53.7 Å². The molecule has 30 heavy (non-hydrogen) atoms. The number of sulfonamides is 1. The number of nitrogens with zero attached hydrogens (tertiary/aromatic N) is 1. The van der Waals surface area contributed by atoms with E-state index in [1.165, 1.54) is 17.5 Å². The molecule has 0 saturated carbocycles. The lowest BCUT2D eigenvalue weighted by molar-refractivity contribution is -0.122. The Hall–Kier alpha value is -2.76.